The van der Waals surface area contributed by atoms with Crippen LogP contribution in [0.5, 0.6) is 0 Å². The monoisotopic (exact) mass is 270 g/mol. The molecule has 1 aliphatic carbocycles. The van der Waals surface area contributed by atoms with Gasteiger partial charge in [-0.3, -0.25) is 4.90 Å². The van der Waals surface area contributed by atoms with Gasteiger partial charge in [-0.15, -0.1) is 0 Å². The van der Waals surface area contributed by atoms with Crippen LogP contribution in [-0.2, 0) is 0 Å². The van der Waals surface area contributed by atoms with Crippen LogP contribution in [0.3, 0.4) is 0 Å². The van der Waals surface area contributed by atoms with Gasteiger partial charge in [0.05, 0.1) is 5.02 Å². The molecule has 0 spiro atoms. The molecule has 1 aromatic rings. The summed E-state index contributed by atoms with van der Waals surface area (Å²) in [7, 11) is 2.08. The Kier molecular flexibility index (Phi) is 4.60. The zero-order valence-electron chi connectivity index (χ0n) is 10.7. The van der Waals surface area contributed by atoms with Crippen LogP contribution in [0.1, 0.15) is 30.9 Å². The number of benzene rings is 1. The normalized spacial score (nSPS) is 17.8. The highest BCUT2D eigenvalue weighted by molar-refractivity contribution is 6.30. The molecular formula is C14H20ClFN2. The maximum Gasteiger partial charge on any atom is 0.141 e. The highest BCUT2D eigenvalue weighted by atomic mass is 35.5. The number of nitrogens with two attached hydrogens (primary N) is 1. The number of nitrogens with zero attached hydrogens (tertiary/aromatic N) is 1. The summed E-state index contributed by atoms with van der Waals surface area (Å²) in [6, 6.07) is 4.99. The molecule has 0 radical (unpaired) electrons. The summed E-state index contributed by atoms with van der Waals surface area (Å²) in [4.78, 5) is 2.26. The van der Waals surface area contributed by atoms with Gasteiger partial charge in [0.25, 0.3) is 0 Å². The predicted molar refractivity (Wildman–Crippen MR) is 73.2 cm³/mol. The second kappa shape index (κ2) is 6.00. The molecule has 2 N–H and O–H groups in total. The first-order valence-corrected chi connectivity index (χ1v) is 6.85. The first-order valence-electron chi connectivity index (χ1n) is 6.47. The van der Waals surface area contributed by atoms with E-state index in [2.05, 4.69) is 11.9 Å². The molecule has 0 aromatic heterocycles. The first-order chi connectivity index (χ1) is 8.61. The van der Waals surface area contributed by atoms with Crippen LogP contribution < -0.4 is 5.73 Å². The van der Waals surface area contributed by atoms with Crippen LogP contribution in [0.15, 0.2) is 18.2 Å². The molecule has 1 fully saturated rings. The highest BCUT2D eigenvalue weighted by Crippen LogP contribution is 2.30. The fourth-order valence-corrected chi connectivity index (χ4v) is 2.69. The lowest BCUT2D eigenvalue weighted by Crippen LogP contribution is -2.36. The summed E-state index contributed by atoms with van der Waals surface area (Å²) in [5.74, 6) is 0.415. The van der Waals surface area contributed by atoms with Gasteiger partial charge < -0.3 is 5.73 Å². The van der Waals surface area contributed by atoms with Crippen molar-refractivity contribution in [1.29, 1.82) is 0 Å². The van der Waals surface area contributed by atoms with Crippen molar-refractivity contribution in [1.82, 2.24) is 4.90 Å². The van der Waals surface area contributed by atoms with Crippen LogP contribution in [0.4, 0.5) is 4.39 Å². The van der Waals surface area contributed by atoms with Crippen LogP contribution in [0.2, 0.25) is 5.02 Å². The maximum atomic E-state index is 13.2. The minimum atomic E-state index is -0.377. The number of hydrogen-bond acceptors (Lipinski definition) is 2. The predicted octanol–water partition coefficient (Wildman–Crippen LogP) is 3.21. The summed E-state index contributed by atoms with van der Waals surface area (Å²) in [5.41, 5.74) is 6.84. The Morgan fingerprint density at radius 2 is 2.22 bits per heavy atom. The zero-order chi connectivity index (χ0) is 13.1. The Morgan fingerprint density at radius 1 is 1.50 bits per heavy atom. The van der Waals surface area contributed by atoms with Gasteiger partial charge in [0.2, 0.25) is 0 Å². The molecule has 2 rings (SSSR count). The number of rotatable bonds is 5. The lowest BCUT2D eigenvalue weighted by molar-refractivity contribution is 0.165. The highest BCUT2D eigenvalue weighted by Gasteiger charge is 2.23. The molecule has 0 aliphatic heterocycles. The van der Waals surface area contributed by atoms with Gasteiger partial charge in [-0.2, -0.15) is 0 Å². The fourth-order valence-electron chi connectivity index (χ4n) is 2.50. The topological polar surface area (TPSA) is 29.3 Å². The van der Waals surface area contributed by atoms with E-state index in [0.717, 1.165) is 18.0 Å². The van der Waals surface area contributed by atoms with Crippen LogP contribution in [-0.4, -0.2) is 25.0 Å². The molecule has 1 atom stereocenters. The van der Waals surface area contributed by atoms with E-state index in [1.807, 2.05) is 0 Å². The Balaban J connectivity index is 2.08. The molecule has 0 saturated heterocycles. The molecule has 18 heavy (non-hydrogen) atoms. The van der Waals surface area contributed by atoms with E-state index < -0.39 is 0 Å². The van der Waals surface area contributed by atoms with Crippen molar-refractivity contribution in [3.8, 4) is 0 Å². The van der Waals surface area contributed by atoms with Crippen molar-refractivity contribution in [3.63, 3.8) is 0 Å². The Morgan fingerprint density at radius 3 is 2.72 bits per heavy atom. The third-order valence-corrected chi connectivity index (χ3v) is 4.14. The Bertz CT molecular complexity index is 407. The SMILES string of the molecule is CN(CC1CCC1)C(CN)c1ccc(F)c(Cl)c1. The average Bonchev–Trinajstić information content (AvgIpc) is 2.29. The number of halogens is 2. The zero-order valence-corrected chi connectivity index (χ0v) is 11.5. The third kappa shape index (κ3) is 3.02. The minimum absolute atomic E-state index is 0.115. The second-order valence-corrected chi connectivity index (χ2v) is 5.57. The van der Waals surface area contributed by atoms with Crippen molar-refractivity contribution < 1.29 is 4.39 Å². The molecule has 4 heteroatoms. The van der Waals surface area contributed by atoms with E-state index in [0.29, 0.717) is 6.54 Å². The lowest BCUT2D eigenvalue weighted by Gasteiger charge is -2.34. The molecular weight excluding hydrogens is 251 g/mol. The standard InChI is InChI=1S/C14H20ClFN2/c1-18(9-10-3-2-4-10)14(8-17)11-5-6-13(16)12(15)7-11/h5-7,10,14H,2-4,8-9,17H2,1H3. The van der Waals surface area contributed by atoms with Gasteiger partial charge >= 0.3 is 0 Å². The Labute approximate surface area is 113 Å². The maximum absolute atomic E-state index is 13.2. The van der Waals surface area contributed by atoms with E-state index in [9.17, 15) is 4.39 Å². The molecule has 100 valence electrons. The summed E-state index contributed by atoms with van der Waals surface area (Å²) in [6.45, 7) is 1.57. The van der Waals surface area contributed by atoms with Crippen LogP contribution >= 0.6 is 11.6 Å². The van der Waals surface area contributed by atoms with E-state index in [-0.39, 0.29) is 16.9 Å². The van der Waals surface area contributed by atoms with E-state index in [4.69, 9.17) is 17.3 Å². The van der Waals surface area contributed by atoms with Crippen molar-refractivity contribution in [3.05, 3.63) is 34.6 Å². The summed E-state index contributed by atoms with van der Waals surface area (Å²) in [5, 5.41) is 0.169. The molecule has 0 heterocycles. The van der Waals surface area contributed by atoms with Gasteiger partial charge in [-0.05, 0) is 43.5 Å². The van der Waals surface area contributed by atoms with E-state index >= 15 is 0 Å². The molecule has 1 saturated carbocycles. The van der Waals surface area contributed by atoms with Gasteiger partial charge in [0.15, 0.2) is 0 Å². The Hall–Kier alpha value is -0.640. The fraction of sp³-hybridized carbons (Fsp3) is 0.571. The van der Waals surface area contributed by atoms with Gasteiger partial charge in [0, 0.05) is 19.1 Å². The molecule has 1 aliphatic rings. The first kappa shape index (κ1) is 13.8. The minimum Gasteiger partial charge on any atom is -0.329 e. The summed E-state index contributed by atoms with van der Waals surface area (Å²) >= 11 is 5.83. The summed E-state index contributed by atoms with van der Waals surface area (Å²) in [6.07, 6.45) is 3.96. The quantitative estimate of drug-likeness (QED) is 0.890. The number of hydrogen-bond donors (Lipinski definition) is 1. The number of likely N-dealkylation sites (N-methyl/N-ethyl adjacent to an activating group) is 1. The van der Waals surface area contributed by atoms with Crippen molar-refractivity contribution in [2.75, 3.05) is 20.1 Å². The largest absolute Gasteiger partial charge is 0.329 e. The van der Waals surface area contributed by atoms with Gasteiger partial charge in [0.1, 0.15) is 5.82 Å². The summed E-state index contributed by atoms with van der Waals surface area (Å²) < 4.78 is 13.2. The van der Waals surface area contributed by atoms with Crippen LogP contribution in [0.25, 0.3) is 0 Å². The van der Waals surface area contributed by atoms with Crippen molar-refractivity contribution in [2.24, 2.45) is 11.7 Å². The van der Waals surface area contributed by atoms with Crippen molar-refractivity contribution >= 4 is 11.6 Å². The van der Waals surface area contributed by atoms with Crippen molar-refractivity contribution in [2.45, 2.75) is 25.3 Å². The average molecular weight is 271 g/mol. The third-order valence-electron chi connectivity index (χ3n) is 3.85. The van der Waals surface area contributed by atoms with E-state index in [1.165, 1.54) is 25.3 Å². The van der Waals surface area contributed by atoms with E-state index in [1.54, 1.807) is 12.1 Å². The van der Waals surface area contributed by atoms with Crippen LogP contribution in [0, 0.1) is 11.7 Å². The molecule has 1 unspecified atom stereocenters. The molecule has 2 nitrogen and oxygen atoms in total. The van der Waals surface area contributed by atoms with Gasteiger partial charge in [-0.1, -0.05) is 24.1 Å². The lowest BCUT2D eigenvalue weighted by atomic mass is 9.85. The molecule has 0 amide bonds. The van der Waals surface area contributed by atoms with Gasteiger partial charge in [-0.25, -0.2) is 4.39 Å². The molecule has 0 bridgehead atoms. The second-order valence-electron chi connectivity index (χ2n) is 5.16. The smallest absolute Gasteiger partial charge is 0.141 e. The molecule has 1 aromatic carbocycles.